The number of ether oxygens (including phenoxy) is 2. The van der Waals surface area contributed by atoms with Gasteiger partial charge in [0, 0.05) is 30.9 Å². The average molecular weight is 368 g/mol. The minimum absolute atomic E-state index is 0.0862. The summed E-state index contributed by atoms with van der Waals surface area (Å²) in [4.78, 5) is 23.8. The third-order valence-corrected chi connectivity index (χ3v) is 5.46. The Bertz CT molecular complexity index is 449. The molecule has 0 aliphatic heterocycles. The van der Waals surface area contributed by atoms with Gasteiger partial charge in [0.05, 0.1) is 18.3 Å². The molecule has 0 aromatic carbocycles. The number of Topliss-reactive ketones (excluding diaryl/α,β-unsaturated/α-hetero) is 1. The maximum atomic E-state index is 12.0. The third-order valence-electron chi connectivity index (χ3n) is 5.46. The normalized spacial score (nSPS) is 28.8. The van der Waals surface area contributed by atoms with E-state index in [9.17, 15) is 9.59 Å². The second-order valence-electron chi connectivity index (χ2n) is 8.55. The van der Waals surface area contributed by atoms with Crippen LogP contribution in [0.3, 0.4) is 0 Å². The summed E-state index contributed by atoms with van der Waals surface area (Å²) in [5, 5.41) is 3.04. The molecule has 1 amide bonds. The molecule has 0 heterocycles. The number of carbonyl (C=O) groups excluding carboxylic acids is 2. The monoisotopic (exact) mass is 367 g/mol. The van der Waals surface area contributed by atoms with E-state index < -0.39 is 0 Å². The number of carbonyl (C=O) groups is 2. The minimum Gasteiger partial charge on any atom is -0.378 e. The predicted octanol–water partition coefficient (Wildman–Crippen LogP) is 3.64. The molecule has 150 valence electrons. The number of rotatable bonds is 10. The Morgan fingerprint density at radius 3 is 2.19 bits per heavy atom. The Labute approximate surface area is 158 Å². The van der Waals surface area contributed by atoms with E-state index in [-0.39, 0.29) is 23.8 Å². The highest BCUT2D eigenvalue weighted by Crippen LogP contribution is 2.30. The first-order valence-electron chi connectivity index (χ1n) is 10.4. The summed E-state index contributed by atoms with van der Waals surface area (Å²) in [6, 6.07) is 0.187. The van der Waals surface area contributed by atoms with E-state index in [1.165, 1.54) is 0 Å². The molecule has 2 aliphatic carbocycles. The van der Waals surface area contributed by atoms with Gasteiger partial charge in [-0.1, -0.05) is 13.8 Å². The van der Waals surface area contributed by atoms with Crippen LogP contribution < -0.4 is 5.32 Å². The third kappa shape index (κ3) is 6.99. The molecular weight excluding hydrogens is 330 g/mol. The molecule has 0 bridgehead atoms. The van der Waals surface area contributed by atoms with Crippen LogP contribution in [0.25, 0.3) is 0 Å². The van der Waals surface area contributed by atoms with Crippen LogP contribution in [-0.4, -0.2) is 42.7 Å². The van der Waals surface area contributed by atoms with Crippen LogP contribution in [0.2, 0.25) is 0 Å². The molecule has 2 fully saturated rings. The van der Waals surface area contributed by atoms with Crippen molar-refractivity contribution in [2.75, 3.05) is 6.61 Å². The first kappa shape index (κ1) is 21.4. The Balaban J connectivity index is 1.48. The van der Waals surface area contributed by atoms with E-state index in [1.54, 1.807) is 0 Å². The molecule has 0 atom stereocenters. The molecular formula is C21H37NO4. The first-order valence-corrected chi connectivity index (χ1v) is 10.4. The highest BCUT2D eigenvalue weighted by Gasteiger charge is 2.35. The quantitative estimate of drug-likeness (QED) is 0.599. The lowest BCUT2D eigenvalue weighted by Crippen LogP contribution is -2.47. The van der Waals surface area contributed by atoms with Gasteiger partial charge in [-0.2, -0.15) is 0 Å². The number of ketones is 1. The van der Waals surface area contributed by atoms with Crippen molar-refractivity contribution >= 4 is 11.7 Å². The fourth-order valence-corrected chi connectivity index (χ4v) is 3.94. The largest absolute Gasteiger partial charge is 0.378 e. The predicted molar refractivity (Wildman–Crippen MR) is 102 cm³/mol. The maximum absolute atomic E-state index is 12.0. The minimum atomic E-state index is 0.0862. The van der Waals surface area contributed by atoms with Crippen LogP contribution >= 0.6 is 0 Å². The smallest absolute Gasteiger partial charge is 0.220 e. The van der Waals surface area contributed by atoms with Gasteiger partial charge in [0.15, 0.2) is 0 Å². The maximum Gasteiger partial charge on any atom is 0.220 e. The van der Waals surface area contributed by atoms with E-state index in [1.807, 2.05) is 13.8 Å². The topological polar surface area (TPSA) is 64.6 Å². The van der Waals surface area contributed by atoms with Crippen LogP contribution in [0.15, 0.2) is 0 Å². The molecule has 0 saturated heterocycles. The van der Waals surface area contributed by atoms with E-state index in [0.717, 1.165) is 44.9 Å². The standard InChI is InChI=1S/C21H37NO4/c1-14(2)21(24)16-12-17(13-16)22-20(23)6-5-11-25-18-7-9-19(10-8-18)26-15(3)4/h14-19H,5-13H2,1-4H3,(H,22,23)/t16-,17+,18-,19-. The number of hydrogen-bond acceptors (Lipinski definition) is 4. The Hall–Kier alpha value is -0.940. The van der Waals surface area contributed by atoms with Crippen LogP contribution in [0.1, 0.15) is 79.1 Å². The summed E-state index contributed by atoms with van der Waals surface area (Å²) in [5.74, 6) is 0.666. The van der Waals surface area contributed by atoms with Crippen molar-refractivity contribution in [3.8, 4) is 0 Å². The Kier molecular flexibility index (Phi) is 8.55. The van der Waals surface area contributed by atoms with Crippen molar-refractivity contribution < 1.29 is 19.1 Å². The zero-order valence-electron chi connectivity index (χ0n) is 17.0. The summed E-state index contributed by atoms with van der Waals surface area (Å²) in [6.07, 6.45) is 8.12. The van der Waals surface area contributed by atoms with E-state index >= 15 is 0 Å². The van der Waals surface area contributed by atoms with Gasteiger partial charge < -0.3 is 14.8 Å². The van der Waals surface area contributed by atoms with Gasteiger partial charge >= 0.3 is 0 Å². The van der Waals surface area contributed by atoms with Crippen molar-refractivity contribution in [1.29, 1.82) is 0 Å². The molecule has 2 rings (SSSR count). The van der Waals surface area contributed by atoms with Gasteiger partial charge in [-0.3, -0.25) is 9.59 Å². The fraction of sp³-hybridized carbons (Fsp3) is 0.905. The van der Waals surface area contributed by atoms with Gasteiger partial charge in [-0.05, 0) is 58.8 Å². The molecule has 5 heteroatoms. The first-order chi connectivity index (χ1) is 12.3. The fourth-order valence-electron chi connectivity index (χ4n) is 3.94. The summed E-state index contributed by atoms with van der Waals surface area (Å²) < 4.78 is 11.8. The van der Waals surface area contributed by atoms with Crippen LogP contribution in [0.5, 0.6) is 0 Å². The van der Waals surface area contributed by atoms with Crippen LogP contribution in [-0.2, 0) is 19.1 Å². The number of nitrogens with one attached hydrogen (secondary N) is 1. The highest BCUT2D eigenvalue weighted by molar-refractivity contribution is 5.84. The van der Waals surface area contributed by atoms with Crippen molar-refractivity contribution in [3.05, 3.63) is 0 Å². The summed E-state index contributed by atoms with van der Waals surface area (Å²) in [6.45, 7) is 8.70. The molecule has 2 aliphatic rings. The van der Waals surface area contributed by atoms with Crippen molar-refractivity contribution in [2.45, 2.75) is 103 Å². The van der Waals surface area contributed by atoms with Crippen molar-refractivity contribution in [3.63, 3.8) is 0 Å². The molecule has 0 aromatic rings. The highest BCUT2D eigenvalue weighted by atomic mass is 16.5. The van der Waals surface area contributed by atoms with E-state index in [2.05, 4.69) is 19.2 Å². The van der Waals surface area contributed by atoms with E-state index in [4.69, 9.17) is 9.47 Å². The lowest BCUT2D eigenvalue weighted by Gasteiger charge is -2.35. The molecule has 0 unspecified atom stereocenters. The van der Waals surface area contributed by atoms with Crippen LogP contribution in [0, 0.1) is 11.8 Å². The summed E-state index contributed by atoms with van der Waals surface area (Å²) >= 11 is 0. The second kappa shape index (κ2) is 10.4. The molecule has 0 radical (unpaired) electrons. The second-order valence-corrected chi connectivity index (χ2v) is 8.55. The molecule has 0 spiro atoms. The zero-order chi connectivity index (χ0) is 19.1. The van der Waals surface area contributed by atoms with Gasteiger partial charge in [-0.25, -0.2) is 0 Å². The number of hydrogen-bond donors (Lipinski definition) is 1. The molecule has 2 saturated carbocycles. The van der Waals surface area contributed by atoms with Gasteiger partial charge in [-0.15, -0.1) is 0 Å². The number of amides is 1. The Morgan fingerprint density at radius 1 is 1.00 bits per heavy atom. The molecule has 26 heavy (non-hydrogen) atoms. The Morgan fingerprint density at radius 2 is 1.62 bits per heavy atom. The summed E-state index contributed by atoms with van der Waals surface area (Å²) in [5.41, 5.74) is 0. The average Bonchev–Trinajstić information content (AvgIpc) is 2.55. The molecule has 0 aromatic heterocycles. The lowest BCUT2D eigenvalue weighted by atomic mass is 9.75. The van der Waals surface area contributed by atoms with Crippen molar-refractivity contribution in [1.82, 2.24) is 5.32 Å². The van der Waals surface area contributed by atoms with Gasteiger partial charge in [0.1, 0.15) is 5.78 Å². The van der Waals surface area contributed by atoms with Crippen molar-refractivity contribution in [2.24, 2.45) is 11.8 Å². The van der Waals surface area contributed by atoms with Gasteiger partial charge in [0.25, 0.3) is 0 Å². The molecule has 1 N–H and O–H groups in total. The van der Waals surface area contributed by atoms with Gasteiger partial charge in [0.2, 0.25) is 5.91 Å². The molecule has 5 nitrogen and oxygen atoms in total. The SMILES string of the molecule is CC(C)O[C@H]1CC[C@H](OCCCC(=O)N[C@H]2C[C@@H](C(=O)C(C)C)C2)CC1. The zero-order valence-corrected chi connectivity index (χ0v) is 17.0. The summed E-state index contributed by atoms with van der Waals surface area (Å²) in [7, 11) is 0. The van der Waals surface area contributed by atoms with Crippen LogP contribution in [0.4, 0.5) is 0 Å². The lowest BCUT2D eigenvalue weighted by molar-refractivity contribution is -0.131. The van der Waals surface area contributed by atoms with E-state index in [0.29, 0.717) is 37.1 Å².